The molecule has 0 saturated carbocycles. The van der Waals surface area contributed by atoms with Gasteiger partial charge >= 0.3 is 0 Å². The fourth-order valence-corrected chi connectivity index (χ4v) is 4.02. The van der Waals surface area contributed by atoms with Gasteiger partial charge in [-0.2, -0.15) is 0 Å². The van der Waals surface area contributed by atoms with E-state index in [0.29, 0.717) is 30.0 Å². The maximum absolute atomic E-state index is 13.6. The van der Waals surface area contributed by atoms with E-state index in [1.165, 1.54) is 4.90 Å². The Morgan fingerprint density at radius 1 is 0.818 bits per heavy atom. The van der Waals surface area contributed by atoms with Gasteiger partial charge in [0.2, 0.25) is 0 Å². The molecule has 5 heteroatoms. The van der Waals surface area contributed by atoms with Gasteiger partial charge in [0.1, 0.15) is 11.4 Å². The first-order valence-electron chi connectivity index (χ1n) is 11.1. The number of rotatable bonds is 8. The zero-order valence-electron chi connectivity index (χ0n) is 19.2. The number of likely N-dealkylation sites (N-methyl/N-ethyl adjacent to an activating group) is 1. The molecule has 33 heavy (non-hydrogen) atoms. The summed E-state index contributed by atoms with van der Waals surface area (Å²) in [6, 6.07) is 25.2. The highest BCUT2D eigenvalue weighted by Crippen LogP contribution is 2.33. The van der Waals surface area contributed by atoms with Gasteiger partial charge in [-0.15, -0.1) is 0 Å². The normalized spacial score (nSPS) is 13.6. The SMILES string of the molecule is CCOc1ccc(C2=C(N(C)Cc3ccccc3)C(=O)N(Cc3ccc(C)cc3)C2=O)cc1. The summed E-state index contributed by atoms with van der Waals surface area (Å²) in [4.78, 5) is 30.3. The molecule has 3 aromatic rings. The minimum absolute atomic E-state index is 0.237. The van der Waals surface area contributed by atoms with E-state index < -0.39 is 0 Å². The summed E-state index contributed by atoms with van der Waals surface area (Å²) < 4.78 is 5.55. The molecule has 0 bridgehead atoms. The van der Waals surface area contributed by atoms with Crippen LogP contribution in [0.2, 0.25) is 0 Å². The summed E-state index contributed by atoms with van der Waals surface area (Å²) in [7, 11) is 1.86. The molecule has 0 spiro atoms. The molecule has 0 saturated heterocycles. The molecule has 0 radical (unpaired) electrons. The smallest absolute Gasteiger partial charge is 0.278 e. The van der Waals surface area contributed by atoms with Gasteiger partial charge in [0, 0.05) is 13.6 Å². The Kier molecular flexibility index (Phi) is 6.59. The third-order valence-electron chi connectivity index (χ3n) is 5.70. The number of imide groups is 1. The molecule has 0 fully saturated rings. The van der Waals surface area contributed by atoms with E-state index in [-0.39, 0.29) is 18.4 Å². The van der Waals surface area contributed by atoms with Crippen LogP contribution in [0.3, 0.4) is 0 Å². The van der Waals surface area contributed by atoms with Crippen molar-refractivity contribution in [3.8, 4) is 5.75 Å². The van der Waals surface area contributed by atoms with Crippen molar-refractivity contribution in [3.05, 3.63) is 107 Å². The summed E-state index contributed by atoms with van der Waals surface area (Å²) >= 11 is 0. The standard InChI is InChI=1S/C28H28N2O3/c1-4-33-24-16-14-23(15-17-24)25-26(29(3)18-21-8-6-5-7-9-21)28(32)30(27(25)31)19-22-12-10-20(2)11-13-22/h5-17H,4,18-19H2,1-3H3. The lowest BCUT2D eigenvalue weighted by Crippen LogP contribution is -2.33. The molecular weight excluding hydrogens is 412 g/mol. The molecule has 5 nitrogen and oxygen atoms in total. The van der Waals surface area contributed by atoms with Crippen LogP contribution in [-0.4, -0.2) is 35.3 Å². The van der Waals surface area contributed by atoms with Crippen molar-refractivity contribution < 1.29 is 14.3 Å². The fraction of sp³-hybridized carbons (Fsp3) is 0.214. The molecule has 0 aromatic heterocycles. The van der Waals surface area contributed by atoms with E-state index in [1.54, 1.807) is 0 Å². The number of hydrogen-bond acceptors (Lipinski definition) is 4. The number of benzene rings is 3. The van der Waals surface area contributed by atoms with E-state index in [1.807, 2.05) is 105 Å². The lowest BCUT2D eigenvalue weighted by atomic mass is 10.0. The van der Waals surface area contributed by atoms with Crippen LogP contribution in [0, 0.1) is 6.92 Å². The second kappa shape index (κ2) is 9.74. The van der Waals surface area contributed by atoms with Gasteiger partial charge in [0.05, 0.1) is 18.7 Å². The highest BCUT2D eigenvalue weighted by molar-refractivity contribution is 6.35. The Balaban J connectivity index is 1.70. The van der Waals surface area contributed by atoms with Crippen LogP contribution >= 0.6 is 0 Å². The highest BCUT2D eigenvalue weighted by atomic mass is 16.5. The predicted octanol–water partition coefficient (Wildman–Crippen LogP) is 4.81. The van der Waals surface area contributed by atoms with Crippen LogP contribution in [0.15, 0.2) is 84.6 Å². The van der Waals surface area contributed by atoms with E-state index in [4.69, 9.17) is 4.74 Å². The van der Waals surface area contributed by atoms with Crippen molar-refractivity contribution >= 4 is 17.4 Å². The molecular formula is C28H28N2O3. The minimum Gasteiger partial charge on any atom is -0.494 e. The van der Waals surface area contributed by atoms with Crippen molar-refractivity contribution in [2.24, 2.45) is 0 Å². The third-order valence-corrected chi connectivity index (χ3v) is 5.70. The Morgan fingerprint density at radius 3 is 2.12 bits per heavy atom. The molecule has 168 valence electrons. The van der Waals surface area contributed by atoms with E-state index >= 15 is 0 Å². The van der Waals surface area contributed by atoms with Gasteiger partial charge in [0.15, 0.2) is 0 Å². The molecule has 0 unspecified atom stereocenters. The Hall–Kier alpha value is -3.86. The van der Waals surface area contributed by atoms with Crippen LogP contribution in [0.1, 0.15) is 29.2 Å². The first-order chi connectivity index (χ1) is 16.0. The summed E-state index contributed by atoms with van der Waals surface area (Å²) in [6.07, 6.45) is 0. The van der Waals surface area contributed by atoms with Gasteiger partial charge in [-0.1, -0.05) is 72.3 Å². The van der Waals surface area contributed by atoms with Gasteiger partial charge < -0.3 is 9.64 Å². The number of hydrogen-bond donors (Lipinski definition) is 0. The predicted molar refractivity (Wildman–Crippen MR) is 129 cm³/mol. The highest BCUT2D eigenvalue weighted by Gasteiger charge is 2.40. The lowest BCUT2D eigenvalue weighted by molar-refractivity contribution is -0.138. The van der Waals surface area contributed by atoms with Crippen LogP contribution < -0.4 is 4.74 Å². The van der Waals surface area contributed by atoms with E-state index in [9.17, 15) is 9.59 Å². The van der Waals surface area contributed by atoms with Gasteiger partial charge in [-0.25, -0.2) is 0 Å². The largest absolute Gasteiger partial charge is 0.494 e. The van der Waals surface area contributed by atoms with Crippen molar-refractivity contribution in [1.82, 2.24) is 9.80 Å². The first-order valence-corrected chi connectivity index (χ1v) is 11.1. The maximum atomic E-state index is 13.6. The van der Waals surface area contributed by atoms with Crippen LogP contribution in [0.25, 0.3) is 5.57 Å². The van der Waals surface area contributed by atoms with Crippen LogP contribution in [-0.2, 0) is 22.7 Å². The van der Waals surface area contributed by atoms with Crippen LogP contribution in [0.4, 0.5) is 0 Å². The van der Waals surface area contributed by atoms with Crippen molar-refractivity contribution in [2.45, 2.75) is 26.9 Å². The molecule has 0 N–H and O–H groups in total. The summed E-state index contributed by atoms with van der Waals surface area (Å²) in [6.45, 7) is 5.26. The van der Waals surface area contributed by atoms with Crippen molar-refractivity contribution in [2.75, 3.05) is 13.7 Å². The number of aryl methyl sites for hydroxylation is 1. The molecule has 0 atom stereocenters. The van der Waals surface area contributed by atoms with Gasteiger partial charge in [0.25, 0.3) is 11.8 Å². The second-order valence-electron chi connectivity index (χ2n) is 8.20. The molecule has 0 aliphatic carbocycles. The van der Waals surface area contributed by atoms with Crippen LogP contribution in [0.5, 0.6) is 5.75 Å². The van der Waals surface area contributed by atoms with E-state index in [0.717, 1.165) is 22.4 Å². The second-order valence-corrected chi connectivity index (χ2v) is 8.20. The number of carbonyl (C=O) groups is 2. The molecule has 4 rings (SSSR count). The third kappa shape index (κ3) is 4.82. The minimum atomic E-state index is -0.278. The quantitative estimate of drug-likeness (QED) is 0.472. The first kappa shape index (κ1) is 22.3. The number of amides is 2. The maximum Gasteiger partial charge on any atom is 0.278 e. The average molecular weight is 441 g/mol. The molecule has 2 amide bonds. The van der Waals surface area contributed by atoms with Gasteiger partial charge in [-0.05, 0) is 42.7 Å². The monoisotopic (exact) mass is 440 g/mol. The molecule has 3 aromatic carbocycles. The average Bonchev–Trinajstić information content (AvgIpc) is 3.07. The summed E-state index contributed by atoms with van der Waals surface area (Å²) in [5, 5.41) is 0. The van der Waals surface area contributed by atoms with Crippen molar-refractivity contribution in [1.29, 1.82) is 0 Å². The Bertz CT molecular complexity index is 1170. The zero-order chi connectivity index (χ0) is 23.4. The van der Waals surface area contributed by atoms with E-state index in [2.05, 4.69) is 0 Å². The number of ether oxygens (including phenoxy) is 1. The number of nitrogens with zero attached hydrogens (tertiary/aromatic N) is 2. The van der Waals surface area contributed by atoms with Crippen molar-refractivity contribution in [3.63, 3.8) is 0 Å². The summed E-state index contributed by atoms with van der Waals surface area (Å²) in [5.74, 6) is 0.178. The Labute approximate surface area is 194 Å². The molecule has 1 heterocycles. The zero-order valence-corrected chi connectivity index (χ0v) is 19.2. The molecule has 1 aliphatic rings. The topological polar surface area (TPSA) is 49.9 Å². The Morgan fingerprint density at radius 2 is 1.48 bits per heavy atom. The fourth-order valence-electron chi connectivity index (χ4n) is 4.02. The van der Waals surface area contributed by atoms with Gasteiger partial charge in [-0.3, -0.25) is 14.5 Å². The lowest BCUT2D eigenvalue weighted by Gasteiger charge is -2.21. The summed E-state index contributed by atoms with van der Waals surface area (Å²) in [5.41, 5.74) is 4.66. The number of carbonyl (C=O) groups excluding carboxylic acids is 2. The molecule has 1 aliphatic heterocycles.